The molecule has 3 aromatic carbocycles. The van der Waals surface area contributed by atoms with E-state index in [0.29, 0.717) is 54.7 Å². The van der Waals surface area contributed by atoms with Gasteiger partial charge in [-0.15, -0.1) is 6.42 Å². The van der Waals surface area contributed by atoms with E-state index in [4.69, 9.17) is 20.9 Å². The van der Waals surface area contributed by atoms with Crippen LogP contribution in [0.5, 0.6) is 11.8 Å². The number of hydrogen-bond acceptors (Lipinski definition) is 7. The number of halogens is 3. The third kappa shape index (κ3) is 4.70. The summed E-state index contributed by atoms with van der Waals surface area (Å²) in [6.45, 7) is 5.00. The van der Waals surface area contributed by atoms with Crippen molar-refractivity contribution in [1.82, 2.24) is 14.9 Å². The van der Waals surface area contributed by atoms with Crippen LogP contribution in [-0.2, 0) is 4.74 Å². The van der Waals surface area contributed by atoms with Gasteiger partial charge in [-0.1, -0.05) is 25.0 Å². The minimum Gasteiger partial charge on any atom is -0.508 e. The Bertz CT molecular complexity index is 1810. The third-order valence-electron chi connectivity index (χ3n) is 9.45. The lowest BCUT2D eigenvalue weighted by Gasteiger charge is -2.36. The molecule has 10 heteroatoms. The number of benzene rings is 3. The summed E-state index contributed by atoms with van der Waals surface area (Å²) < 4.78 is 58.0. The summed E-state index contributed by atoms with van der Waals surface area (Å²) in [5, 5.41) is 11.8. The van der Waals surface area contributed by atoms with Crippen molar-refractivity contribution >= 4 is 27.5 Å². The molecule has 0 amide bonds. The van der Waals surface area contributed by atoms with Gasteiger partial charge in [-0.05, 0) is 61.0 Å². The van der Waals surface area contributed by atoms with Crippen molar-refractivity contribution < 1.29 is 27.8 Å². The largest absolute Gasteiger partial charge is 0.508 e. The van der Waals surface area contributed by atoms with Crippen LogP contribution in [0, 0.1) is 24.0 Å². The summed E-state index contributed by atoms with van der Waals surface area (Å²) in [7, 11) is 0. The van der Waals surface area contributed by atoms with Crippen LogP contribution in [0.3, 0.4) is 0 Å². The zero-order valence-electron chi connectivity index (χ0n) is 24.5. The van der Waals surface area contributed by atoms with Gasteiger partial charge in [0.15, 0.2) is 5.82 Å². The van der Waals surface area contributed by atoms with Crippen molar-refractivity contribution in [1.29, 1.82) is 0 Å². The van der Waals surface area contributed by atoms with Gasteiger partial charge in [-0.25, -0.2) is 13.2 Å². The van der Waals surface area contributed by atoms with Gasteiger partial charge in [0.05, 0.1) is 30.4 Å². The number of terminal acetylenes is 1. The maximum absolute atomic E-state index is 16.8. The SMILES string of the molecule is C#Cc1c(F)ccc2cc(O)cc(-c3ccc4c(N5CCOC[C@@H]5CC)nc(OC[C@@]56CCCN5C[C@H](F)C6)nc4c3F)c12. The summed E-state index contributed by atoms with van der Waals surface area (Å²) in [6, 6.07) is 8.91. The number of anilines is 1. The third-order valence-corrected chi connectivity index (χ3v) is 9.45. The molecule has 0 radical (unpaired) electrons. The quantitative estimate of drug-likeness (QED) is 0.272. The monoisotopic (exact) mass is 602 g/mol. The second kappa shape index (κ2) is 11.1. The van der Waals surface area contributed by atoms with Gasteiger partial charge >= 0.3 is 6.01 Å². The molecule has 228 valence electrons. The molecule has 4 aromatic rings. The molecule has 0 unspecified atom stereocenters. The molecule has 0 spiro atoms. The highest BCUT2D eigenvalue weighted by atomic mass is 19.1. The number of hydrogen-bond donors (Lipinski definition) is 1. The van der Waals surface area contributed by atoms with Gasteiger partial charge < -0.3 is 19.5 Å². The lowest BCUT2D eigenvalue weighted by atomic mass is 9.93. The number of rotatable bonds is 6. The molecular weight excluding hydrogens is 569 g/mol. The predicted octanol–water partition coefficient (Wildman–Crippen LogP) is 5.99. The fourth-order valence-electron chi connectivity index (χ4n) is 7.32. The first kappa shape index (κ1) is 28.7. The molecule has 3 aliphatic heterocycles. The highest BCUT2D eigenvalue weighted by Crippen LogP contribution is 2.42. The van der Waals surface area contributed by atoms with Crippen molar-refractivity contribution in [3.8, 4) is 35.2 Å². The van der Waals surface area contributed by atoms with E-state index in [1.165, 1.54) is 24.3 Å². The number of aromatic nitrogens is 2. The molecule has 44 heavy (non-hydrogen) atoms. The van der Waals surface area contributed by atoms with Gasteiger partial charge in [0, 0.05) is 35.8 Å². The topological polar surface area (TPSA) is 71.0 Å². The van der Waals surface area contributed by atoms with Crippen LogP contribution >= 0.6 is 0 Å². The van der Waals surface area contributed by atoms with Gasteiger partial charge in [-0.2, -0.15) is 9.97 Å². The Hall–Kier alpha value is -4.07. The Balaban J connectivity index is 1.39. The van der Waals surface area contributed by atoms with E-state index < -0.39 is 23.3 Å². The lowest BCUT2D eigenvalue weighted by Crippen LogP contribution is -2.46. The molecule has 3 atom stereocenters. The molecular formula is C34H33F3N4O3. The maximum Gasteiger partial charge on any atom is 0.319 e. The molecule has 1 N–H and O–H groups in total. The number of nitrogens with zero attached hydrogens (tertiary/aromatic N) is 4. The van der Waals surface area contributed by atoms with Crippen LogP contribution in [0.25, 0.3) is 32.8 Å². The zero-order valence-corrected chi connectivity index (χ0v) is 24.5. The van der Waals surface area contributed by atoms with Gasteiger partial charge in [-0.3, -0.25) is 4.90 Å². The summed E-state index contributed by atoms with van der Waals surface area (Å²) in [5.74, 6) is 1.50. The Kier molecular flexibility index (Phi) is 7.26. The van der Waals surface area contributed by atoms with Crippen molar-refractivity contribution in [2.24, 2.45) is 0 Å². The average Bonchev–Trinajstić information content (AvgIpc) is 3.55. The number of phenols is 1. The summed E-state index contributed by atoms with van der Waals surface area (Å²) in [6.07, 6.45) is 7.71. The molecule has 1 aromatic heterocycles. The van der Waals surface area contributed by atoms with Crippen LogP contribution in [0.15, 0.2) is 36.4 Å². The van der Waals surface area contributed by atoms with E-state index in [1.54, 1.807) is 12.1 Å². The number of aromatic hydroxyl groups is 1. The highest BCUT2D eigenvalue weighted by molar-refractivity contribution is 6.04. The number of fused-ring (bicyclic) bond motifs is 3. The van der Waals surface area contributed by atoms with Gasteiger partial charge in [0.25, 0.3) is 0 Å². The standard InChI is InChI=1S/C34H33F3N4O3/c1-3-22-18-43-13-12-41(22)32-26-8-7-25(27-15-23(42)14-20-6-9-28(36)24(4-2)29(20)27)30(37)31(26)38-33(39-32)44-19-34-10-5-11-40(34)17-21(35)16-34/h2,6-9,14-15,21-22,42H,3,5,10-13,16-19H2,1H3/t21-,22+,34+/m1/s1. The van der Waals surface area contributed by atoms with Gasteiger partial charge in [0.1, 0.15) is 35.7 Å². The van der Waals surface area contributed by atoms with Crippen LogP contribution in [0.1, 0.15) is 38.2 Å². The molecule has 3 saturated heterocycles. The van der Waals surface area contributed by atoms with Crippen molar-refractivity contribution in [3.63, 3.8) is 0 Å². The van der Waals surface area contributed by atoms with Crippen LogP contribution in [0.4, 0.5) is 19.0 Å². The first-order valence-electron chi connectivity index (χ1n) is 15.1. The summed E-state index contributed by atoms with van der Waals surface area (Å²) in [5.41, 5.74) is -0.0880. The molecule has 0 bridgehead atoms. The Morgan fingerprint density at radius 3 is 2.84 bits per heavy atom. The lowest BCUT2D eigenvalue weighted by molar-refractivity contribution is 0.0921. The molecule has 3 fully saturated rings. The van der Waals surface area contributed by atoms with Crippen LogP contribution < -0.4 is 9.64 Å². The van der Waals surface area contributed by atoms with Crippen molar-refractivity contribution in [2.45, 2.75) is 50.4 Å². The fraction of sp³-hybridized carbons (Fsp3) is 0.412. The summed E-state index contributed by atoms with van der Waals surface area (Å²) >= 11 is 0. The second-order valence-corrected chi connectivity index (χ2v) is 12.0. The van der Waals surface area contributed by atoms with E-state index in [9.17, 15) is 13.9 Å². The van der Waals surface area contributed by atoms with E-state index in [-0.39, 0.29) is 46.6 Å². The first-order chi connectivity index (χ1) is 21.3. The van der Waals surface area contributed by atoms with E-state index in [2.05, 4.69) is 27.6 Å². The van der Waals surface area contributed by atoms with Crippen molar-refractivity contribution in [3.05, 3.63) is 53.6 Å². The van der Waals surface area contributed by atoms with E-state index in [1.807, 2.05) is 0 Å². The zero-order chi connectivity index (χ0) is 30.6. The molecule has 7 rings (SSSR count). The number of alkyl halides is 1. The molecule has 0 aliphatic carbocycles. The Labute approximate surface area is 253 Å². The molecule has 7 nitrogen and oxygen atoms in total. The van der Waals surface area contributed by atoms with E-state index >= 15 is 4.39 Å². The van der Waals surface area contributed by atoms with Gasteiger partial charge in [0.2, 0.25) is 0 Å². The fourth-order valence-corrected chi connectivity index (χ4v) is 7.32. The minimum absolute atomic E-state index is 0.00422. The Morgan fingerprint density at radius 2 is 2.02 bits per heavy atom. The number of phenolic OH excluding ortho intramolecular Hbond substituents is 1. The number of ether oxygens (including phenoxy) is 2. The molecule has 3 aliphatic rings. The minimum atomic E-state index is -0.916. The van der Waals surface area contributed by atoms with E-state index in [0.717, 1.165) is 25.8 Å². The number of morpholine rings is 1. The normalized spacial score (nSPS) is 23.8. The average molecular weight is 603 g/mol. The smallest absolute Gasteiger partial charge is 0.319 e. The highest BCUT2D eigenvalue weighted by Gasteiger charge is 2.49. The molecule has 0 saturated carbocycles. The Morgan fingerprint density at radius 1 is 1.16 bits per heavy atom. The predicted molar refractivity (Wildman–Crippen MR) is 163 cm³/mol. The molecule has 4 heterocycles. The van der Waals surface area contributed by atoms with Crippen LogP contribution in [0.2, 0.25) is 0 Å². The van der Waals surface area contributed by atoms with Crippen molar-refractivity contribution in [2.75, 3.05) is 44.4 Å². The first-order valence-corrected chi connectivity index (χ1v) is 15.1. The maximum atomic E-state index is 16.8. The van der Waals surface area contributed by atoms with Crippen LogP contribution in [-0.4, -0.2) is 77.2 Å². The second-order valence-electron chi connectivity index (χ2n) is 12.0. The summed E-state index contributed by atoms with van der Waals surface area (Å²) in [4.78, 5) is 13.6.